The van der Waals surface area contributed by atoms with Crippen molar-refractivity contribution in [2.75, 3.05) is 5.75 Å². The number of carbonyl (C=O) groups is 1. The average Bonchev–Trinajstić information content (AvgIpc) is 2.90. The number of carbonyl (C=O) groups excluding carboxylic acids is 1. The maximum atomic E-state index is 12.1. The van der Waals surface area contributed by atoms with Gasteiger partial charge in [0, 0.05) is 28.7 Å². The highest BCUT2D eigenvalue weighted by Gasteiger charge is 2.08. The number of aryl methyl sites for hydroxylation is 2. The van der Waals surface area contributed by atoms with E-state index in [-0.39, 0.29) is 5.78 Å². The molecule has 4 heteroatoms. The van der Waals surface area contributed by atoms with Crippen molar-refractivity contribution in [2.45, 2.75) is 32.4 Å². The molecule has 1 aromatic heterocycles. The molecule has 0 fully saturated rings. The molecule has 1 aromatic carbocycles. The highest BCUT2D eigenvalue weighted by Crippen LogP contribution is 2.14. The third-order valence-corrected chi connectivity index (χ3v) is 5.49. The minimum absolute atomic E-state index is 0.161. The molecule has 2 nitrogen and oxygen atoms in total. The second-order valence-electron chi connectivity index (χ2n) is 5.29. The van der Waals surface area contributed by atoms with Gasteiger partial charge in [0.2, 0.25) is 0 Å². The van der Waals surface area contributed by atoms with Crippen LogP contribution < -0.4 is 0 Å². The van der Waals surface area contributed by atoms with Gasteiger partial charge in [0.1, 0.15) is 0 Å². The fourth-order valence-corrected chi connectivity index (χ4v) is 4.21. The van der Waals surface area contributed by atoms with Gasteiger partial charge in [-0.3, -0.25) is 9.00 Å². The van der Waals surface area contributed by atoms with Gasteiger partial charge in [0.15, 0.2) is 5.78 Å². The van der Waals surface area contributed by atoms with E-state index < -0.39 is 10.8 Å². The van der Waals surface area contributed by atoms with E-state index in [2.05, 4.69) is 32.0 Å². The Morgan fingerprint density at radius 3 is 2.52 bits per heavy atom. The molecule has 2 rings (SSSR count). The average molecular weight is 320 g/mol. The van der Waals surface area contributed by atoms with Crippen LogP contribution in [0.2, 0.25) is 0 Å². The number of thiophene rings is 1. The first kappa shape index (κ1) is 16.1. The van der Waals surface area contributed by atoms with E-state index in [1.54, 1.807) is 0 Å². The molecular formula is C17H20O2S2. The highest BCUT2D eigenvalue weighted by atomic mass is 32.2. The van der Waals surface area contributed by atoms with E-state index >= 15 is 0 Å². The molecule has 2 aromatic rings. The van der Waals surface area contributed by atoms with Gasteiger partial charge in [-0.15, -0.1) is 11.3 Å². The van der Waals surface area contributed by atoms with E-state index in [1.165, 1.54) is 22.5 Å². The third kappa shape index (κ3) is 5.21. The Morgan fingerprint density at radius 1 is 1.19 bits per heavy atom. The Hall–Kier alpha value is -1.26. The van der Waals surface area contributed by atoms with Gasteiger partial charge in [-0.25, -0.2) is 0 Å². The molecule has 0 amide bonds. The smallest absolute Gasteiger partial charge is 0.172 e. The molecule has 1 heterocycles. The van der Waals surface area contributed by atoms with Gasteiger partial charge >= 0.3 is 0 Å². The molecule has 0 aliphatic carbocycles. The molecule has 1 unspecified atom stereocenters. The number of benzene rings is 1. The van der Waals surface area contributed by atoms with Crippen molar-refractivity contribution in [3.63, 3.8) is 0 Å². The summed E-state index contributed by atoms with van der Waals surface area (Å²) in [5, 5.41) is 1.91. The van der Waals surface area contributed by atoms with E-state index in [1.807, 2.05) is 17.5 Å². The normalized spacial score (nSPS) is 12.3. The summed E-state index contributed by atoms with van der Waals surface area (Å²) >= 11 is 1.47. The first-order valence-corrected chi connectivity index (χ1v) is 9.40. The minimum atomic E-state index is -0.900. The lowest BCUT2D eigenvalue weighted by Gasteiger charge is -2.05. The first-order valence-electron chi connectivity index (χ1n) is 7.03. The van der Waals surface area contributed by atoms with Crippen molar-refractivity contribution >= 4 is 27.9 Å². The topological polar surface area (TPSA) is 34.1 Å². The zero-order chi connectivity index (χ0) is 15.2. The van der Waals surface area contributed by atoms with Gasteiger partial charge < -0.3 is 0 Å². The lowest BCUT2D eigenvalue weighted by molar-refractivity contribution is 0.0986. The van der Waals surface area contributed by atoms with Crippen LogP contribution in [0.4, 0.5) is 0 Å². The van der Waals surface area contributed by atoms with Crippen molar-refractivity contribution < 1.29 is 9.00 Å². The molecule has 1 atom stereocenters. The maximum absolute atomic E-state index is 12.1. The zero-order valence-corrected chi connectivity index (χ0v) is 14.1. The van der Waals surface area contributed by atoms with Crippen LogP contribution in [0.25, 0.3) is 0 Å². The Balaban J connectivity index is 1.78. The number of ketones is 1. The lowest BCUT2D eigenvalue weighted by atomic mass is 10.1. The summed E-state index contributed by atoms with van der Waals surface area (Å²) in [7, 11) is -0.900. The Kier molecular flexibility index (Phi) is 5.88. The molecule has 0 bridgehead atoms. The van der Waals surface area contributed by atoms with Crippen molar-refractivity contribution in [1.82, 2.24) is 0 Å². The van der Waals surface area contributed by atoms with Crippen LogP contribution in [0, 0.1) is 13.8 Å². The van der Waals surface area contributed by atoms with E-state index in [9.17, 15) is 9.00 Å². The van der Waals surface area contributed by atoms with Crippen molar-refractivity contribution in [3.8, 4) is 0 Å². The summed E-state index contributed by atoms with van der Waals surface area (Å²) in [6, 6.07) is 10.0. The summed E-state index contributed by atoms with van der Waals surface area (Å²) in [6.07, 6.45) is 1.17. The molecule has 0 aliphatic heterocycles. The fraction of sp³-hybridized carbons (Fsp3) is 0.353. The highest BCUT2D eigenvalue weighted by molar-refractivity contribution is 7.84. The molecule has 0 radical (unpaired) electrons. The number of rotatable bonds is 7. The van der Waals surface area contributed by atoms with E-state index in [4.69, 9.17) is 0 Å². The fourth-order valence-electron chi connectivity index (χ4n) is 2.36. The second-order valence-corrected chi connectivity index (χ2v) is 7.81. The monoisotopic (exact) mass is 320 g/mol. The summed E-state index contributed by atoms with van der Waals surface area (Å²) in [4.78, 5) is 12.6. The zero-order valence-electron chi connectivity index (χ0n) is 12.4. The van der Waals surface area contributed by atoms with Crippen LogP contribution in [0.1, 0.15) is 39.2 Å². The summed E-state index contributed by atoms with van der Waals surface area (Å²) in [5.74, 6) is 1.33. The molecule has 0 spiro atoms. The largest absolute Gasteiger partial charge is 0.293 e. The standard InChI is InChI=1S/C17H20O2S2/c1-13-9-14(2)11-15(10-13)12-21(19)8-4-5-16(18)17-6-3-7-20-17/h3,6-7,9-11H,4-5,8,12H2,1-2H3. The maximum Gasteiger partial charge on any atom is 0.172 e. The molecule has 112 valence electrons. The Morgan fingerprint density at radius 2 is 1.90 bits per heavy atom. The van der Waals surface area contributed by atoms with E-state index in [0.29, 0.717) is 24.3 Å². The molecule has 21 heavy (non-hydrogen) atoms. The van der Waals surface area contributed by atoms with Crippen LogP contribution in [0.3, 0.4) is 0 Å². The number of Topliss-reactive ketones (excluding diaryl/α,β-unsaturated/α-hetero) is 1. The quantitative estimate of drug-likeness (QED) is 0.714. The van der Waals surface area contributed by atoms with Crippen LogP contribution in [-0.2, 0) is 16.6 Å². The van der Waals surface area contributed by atoms with Crippen LogP contribution in [0.5, 0.6) is 0 Å². The number of hydrogen-bond donors (Lipinski definition) is 0. The van der Waals surface area contributed by atoms with Crippen LogP contribution in [0.15, 0.2) is 35.7 Å². The predicted octanol–water partition coefficient (Wildman–Crippen LogP) is 4.28. The minimum Gasteiger partial charge on any atom is -0.293 e. The summed E-state index contributed by atoms with van der Waals surface area (Å²) in [5.41, 5.74) is 3.53. The SMILES string of the molecule is Cc1cc(C)cc(CS(=O)CCCC(=O)c2cccs2)c1. The Labute approximate surface area is 132 Å². The van der Waals surface area contributed by atoms with Crippen molar-refractivity contribution in [2.24, 2.45) is 0 Å². The molecule has 0 saturated heterocycles. The molecule has 0 saturated carbocycles. The number of hydrogen-bond acceptors (Lipinski definition) is 3. The van der Waals surface area contributed by atoms with Crippen LogP contribution >= 0.6 is 11.3 Å². The summed E-state index contributed by atoms with van der Waals surface area (Å²) in [6.45, 7) is 4.11. The molecule has 0 N–H and O–H groups in total. The second kappa shape index (κ2) is 7.66. The van der Waals surface area contributed by atoms with Crippen molar-refractivity contribution in [1.29, 1.82) is 0 Å². The van der Waals surface area contributed by atoms with Gasteiger partial charge in [0.25, 0.3) is 0 Å². The van der Waals surface area contributed by atoms with Gasteiger partial charge in [-0.05, 0) is 37.3 Å². The predicted molar refractivity (Wildman–Crippen MR) is 90.5 cm³/mol. The summed E-state index contributed by atoms with van der Waals surface area (Å²) < 4.78 is 12.1. The van der Waals surface area contributed by atoms with Crippen LogP contribution in [-0.4, -0.2) is 15.7 Å². The molecule has 0 aliphatic rings. The molecular weight excluding hydrogens is 300 g/mol. The Bertz CT molecular complexity index is 610. The third-order valence-electron chi connectivity index (χ3n) is 3.18. The van der Waals surface area contributed by atoms with Crippen molar-refractivity contribution in [3.05, 3.63) is 57.3 Å². The van der Waals surface area contributed by atoms with E-state index in [0.717, 1.165) is 10.4 Å². The first-order chi connectivity index (χ1) is 10.0. The van der Waals surface area contributed by atoms with Gasteiger partial charge in [-0.1, -0.05) is 35.4 Å². The van der Waals surface area contributed by atoms with Gasteiger partial charge in [0.05, 0.1) is 4.88 Å². The lowest BCUT2D eigenvalue weighted by Crippen LogP contribution is -2.04. The van der Waals surface area contributed by atoms with Gasteiger partial charge in [-0.2, -0.15) is 0 Å².